The molecule has 3 aromatic carbocycles. The lowest BCUT2D eigenvalue weighted by molar-refractivity contribution is -0.126. The van der Waals surface area contributed by atoms with Gasteiger partial charge >= 0.3 is 0 Å². The van der Waals surface area contributed by atoms with Crippen LogP contribution in [0.25, 0.3) is 6.08 Å². The molecular weight excluding hydrogens is 678 g/mol. The van der Waals surface area contributed by atoms with Crippen LogP contribution in [-0.4, -0.2) is 47.3 Å². The smallest absolute Gasteiger partial charge is 0.285 e. The van der Waals surface area contributed by atoms with E-state index in [-0.39, 0.29) is 29.0 Å². The molecule has 0 atom stereocenters. The largest absolute Gasteiger partial charge is 0.493 e. The third-order valence-electron chi connectivity index (χ3n) is 6.85. The number of nitrogens with one attached hydrogen (secondary N) is 1. The first-order valence-electron chi connectivity index (χ1n) is 14.6. The number of hydrogen-bond donors (Lipinski definition) is 1. The van der Waals surface area contributed by atoms with Gasteiger partial charge < -0.3 is 14.8 Å². The molecule has 0 radical (unpaired) electrons. The molecule has 1 N–H and O–H groups in total. The van der Waals surface area contributed by atoms with Crippen LogP contribution < -0.4 is 14.8 Å². The molecule has 1 heterocycles. The highest BCUT2D eigenvalue weighted by atomic mass is 79.9. The van der Waals surface area contributed by atoms with E-state index >= 15 is 0 Å². The predicted octanol–water partition coefficient (Wildman–Crippen LogP) is 7.42. The molecule has 47 heavy (non-hydrogen) atoms. The van der Waals surface area contributed by atoms with E-state index in [4.69, 9.17) is 9.47 Å². The first-order chi connectivity index (χ1) is 22.8. The minimum atomic E-state index is -0.735. The van der Waals surface area contributed by atoms with E-state index in [9.17, 15) is 14.4 Å². The number of methoxy groups -OCH3 is 1. The van der Waals surface area contributed by atoms with Gasteiger partial charge in [-0.15, -0.1) is 0 Å². The zero-order valence-corrected chi connectivity index (χ0v) is 28.4. The average Bonchev–Trinajstić information content (AvgIpc) is 3.09. The highest BCUT2D eigenvalue weighted by Gasteiger charge is 2.35. The molecule has 0 saturated heterocycles. The standard InChI is InChI=1S/C37H34BrN3O5S/c1-5-8-19-28(7-3)41-36(44)29(21-27-22-31(45-4)32(23-30(27)38)46-20-6-2)35(43)40-37(41)47-24-33(42)39-34(25-15-11-9-12-16-25)26-17-13-10-14-18-26/h5-19,21-23,34H,1-2,20,24H2,3-4H3,(H,39,42)/b19-8-,28-7+,29-21+. The Hall–Kier alpha value is -4.93. The molecule has 0 aliphatic carbocycles. The van der Waals surface area contributed by atoms with Crippen LogP contribution in [-0.2, 0) is 14.4 Å². The fourth-order valence-electron chi connectivity index (χ4n) is 4.63. The van der Waals surface area contributed by atoms with Crippen molar-refractivity contribution in [2.24, 2.45) is 4.99 Å². The van der Waals surface area contributed by atoms with Crippen LogP contribution in [0.4, 0.5) is 0 Å². The van der Waals surface area contributed by atoms with Crippen molar-refractivity contribution in [2.45, 2.75) is 13.0 Å². The second kappa shape index (κ2) is 17.1. The molecule has 0 aromatic heterocycles. The minimum absolute atomic E-state index is 0.0786. The highest BCUT2D eigenvalue weighted by molar-refractivity contribution is 9.10. The first-order valence-corrected chi connectivity index (χ1v) is 16.4. The van der Waals surface area contributed by atoms with Gasteiger partial charge in [-0.1, -0.05) is 126 Å². The molecule has 0 unspecified atom stereocenters. The van der Waals surface area contributed by atoms with Crippen LogP contribution >= 0.6 is 27.7 Å². The molecule has 240 valence electrons. The van der Waals surface area contributed by atoms with Crippen molar-refractivity contribution in [3.63, 3.8) is 0 Å². The van der Waals surface area contributed by atoms with E-state index in [0.29, 0.717) is 27.2 Å². The van der Waals surface area contributed by atoms with Crippen LogP contribution in [0.5, 0.6) is 11.5 Å². The summed E-state index contributed by atoms with van der Waals surface area (Å²) in [7, 11) is 1.50. The van der Waals surface area contributed by atoms with Gasteiger partial charge in [0, 0.05) is 10.2 Å². The third-order valence-corrected chi connectivity index (χ3v) is 8.48. The van der Waals surface area contributed by atoms with Crippen molar-refractivity contribution in [3.8, 4) is 11.5 Å². The summed E-state index contributed by atoms with van der Waals surface area (Å²) in [6.45, 7) is 9.41. The third kappa shape index (κ3) is 8.87. The number of halogens is 1. The normalized spacial score (nSPS) is 14.4. The number of amides is 3. The van der Waals surface area contributed by atoms with Crippen molar-refractivity contribution >= 4 is 56.7 Å². The highest BCUT2D eigenvalue weighted by Crippen LogP contribution is 2.36. The van der Waals surface area contributed by atoms with Gasteiger partial charge in [0.05, 0.1) is 18.9 Å². The van der Waals surface area contributed by atoms with Crippen molar-refractivity contribution in [2.75, 3.05) is 19.5 Å². The van der Waals surface area contributed by atoms with Crippen LogP contribution in [0.3, 0.4) is 0 Å². The van der Waals surface area contributed by atoms with Gasteiger partial charge in [-0.3, -0.25) is 19.3 Å². The molecule has 1 aliphatic rings. The van der Waals surface area contributed by atoms with Crippen LogP contribution in [0.2, 0.25) is 0 Å². The lowest BCUT2D eigenvalue weighted by Crippen LogP contribution is -2.42. The Kier molecular flexibility index (Phi) is 12.7. The zero-order chi connectivity index (χ0) is 33.8. The van der Waals surface area contributed by atoms with Gasteiger partial charge in [-0.2, -0.15) is 4.99 Å². The van der Waals surface area contributed by atoms with Gasteiger partial charge in [0.15, 0.2) is 16.7 Å². The minimum Gasteiger partial charge on any atom is -0.493 e. The number of carbonyl (C=O) groups is 3. The molecule has 0 spiro atoms. The van der Waals surface area contributed by atoms with E-state index in [2.05, 4.69) is 39.4 Å². The number of carbonyl (C=O) groups excluding carboxylic acids is 3. The summed E-state index contributed by atoms with van der Waals surface area (Å²) in [6.07, 6.45) is 9.70. The Morgan fingerprint density at radius 3 is 2.28 bits per heavy atom. The maximum absolute atomic E-state index is 14.0. The molecule has 0 bridgehead atoms. The van der Waals surface area contributed by atoms with Gasteiger partial charge in [0.1, 0.15) is 12.2 Å². The van der Waals surface area contributed by atoms with E-state index < -0.39 is 17.9 Å². The molecule has 0 saturated carbocycles. The SMILES string of the molecule is C=C/C=C\C(=C/C)N1C(=O)/C(=C/c2cc(OC)c(OCC=C)cc2Br)C(=O)N=C1SCC(=O)NC(c1ccccc1)c1ccccc1. The number of rotatable bonds is 13. The molecule has 8 nitrogen and oxygen atoms in total. The average molecular weight is 713 g/mol. The topological polar surface area (TPSA) is 97.3 Å². The second-order valence-corrected chi connectivity index (χ2v) is 11.7. The molecule has 3 aromatic rings. The summed E-state index contributed by atoms with van der Waals surface area (Å²) >= 11 is 4.50. The summed E-state index contributed by atoms with van der Waals surface area (Å²) in [6, 6.07) is 22.2. The van der Waals surface area contributed by atoms with Crippen molar-refractivity contribution < 1.29 is 23.9 Å². The maximum Gasteiger partial charge on any atom is 0.285 e. The van der Waals surface area contributed by atoms with Gasteiger partial charge in [0.2, 0.25) is 5.91 Å². The molecule has 4 rings (SSSR count). The van der Waals surface area contributed by atoms with Gasteiger partial charge in [-0.25, -0.2) is 0 Å². The monoisotopic (exact) mass is 711 g/mol. The van der Waals surface area contributed by atoms with E-state index in [1.54, 1.807) is 49.4 Å². The number of allylic oxidation sites excluding steroid dienone is 4. The van der Waals surface area contributed by atoms with Crippen molar-refractivity contribution in [1.82, 2.24) is 10.2 Å². The molecule has 10 heteroatoms. The van der Waals surface area contributed by atoms with Gasteiger partial charge in [0.25, 0.3) is 11.8 Å². The summed E-state index contributed by atoms with van der Waals surface area (Å²) in [5.41, 5.74) is 2.63. The quantitative estimate of drug-likeness (QED) is 0.0858. The fraction of sp³-hybridized carbons (Fsp3) is 0.135. The Morgan fingerprint density at radius 2 is 1.70 bits per heavy atom. The Balaban J connectivity index is 1.65. The Bertz CT molecular complexity index is 1730. The maximum atomic E-state index is 14.0. The molecule has 3 amide bonds. The fourth-order valence-corrected chi connectivity index (χ4v) is 5.88. The summed E-state index contributed by atoms with van der Waals surface area (Å²) in [5, 5.41) is 3.17. The van der Waals surface area contributed by atoms with Crippen molar-refractivity contribution in [1.29, 1.82) is 0 Å². The number of amidine groups is 1. The number of ether oxygens (including phenoxy) is 2. The second-order valence-electron chi connectivity index (χ2n) is 9.94. The Labute approximate surface area is 287 Å². The van der Waals surface area contributed by atoms with Gasteiger partial charge in [-0.05, 0) is 47.9 Å². The number of hydrogen-bond acceptors (Lipinski definition) is 6. The Morgan fingerprint density at radius 1 is 1.04 bits per heavy atom. The predicted molar refractivity (Wildman–Crippen MR) is 192 cm³/mol. The lowest BCUT2D eigenvalue weighted by atomic mass is 9.99. The van der Waals surface area contributed by atoms with Crippen LogP contribution in [0.1, 0.15) is 29.7 Å². The number of thioether (sulfide) groups is 1. The summed E-state index contributed by atoms with van der Waals surface area (Å²) in [5.74, 6) is -0.850. The van der Waals surface area contributed by atoms with Crippen molar-refractivity contribution in [3.05, 3.63) is 149 Å². The number of aliphatic imine (C=N–C) groups is 1. The molecular formula is C37H34BrN3O5S. The first kappa shape index (κ1) is 34.9. The van der Waals surface area contributed by atoms with E-state index in [1.807, 2.05) is 60.7 Å². The zero-order valence-electron chi connectivity index (χ0n) is 26.0. The number of benzene rings is 3. The van der Waals surface area contributed by atoms with Crippen LogP contribution in [0, 0.1) is 0 Å². The summed E-state index contributed by atoms with van der Waals surface area (Å²) < 4.78 is 11.7. The molecule has 1 aliphatic heterocycles. The van der Waals surface area contributed by atoms with E-state index in [0.717, 1.165) is 22.9 Å². The summed E-state index contributed by atoms with van der Waals surface area (Å²) in [4.78, 5) is 46.4. The molecule has 0 fully saturated rings. The lowest BCUT2D eigenvalue weighted by Gasteiger charge is -2.28. The van der Waals surface area contributed by atoms with E-state index in [1.165, 1.54) is 18.1 Å². The van der Waals surface area contributed by atoms with Crippen LogP contribution in [0.15, 0.2) is 137 Å². The number of nitrogens with zero attached hydrogens (tertiary/aromatic N) is 2.